The number of aliphatic hydroxyl groups is 1. The molecule has 8 nitrogen and oxygen atoms in total. The van der Waals surface area contributed by atoms with Gasteiger partial charge >= 0.3 is 12.0 Å². The van der Waals surface area contributed by atoms with Gasteiger partial charge in [0.15, 0.2) is 11.9 Å². The molecule has 0 fully saturated rings. The van der Waals surface area contributed by atoms with Gasteiger partial charge in [-0.25, -0.2) is 9.59 Å². The molecule has 8 heteroatoms. The van der Waals surface area contributed by atoms with E-state index in [1.807, 2.05) is 0 Å². The van der Waals surface area contributed by atoms with Crippen molar-refractivity contribution in [2.24, 2.45) is 7.05 Å². The zero-order valence-corrected chi connectivity index (χ0v) is 9.25. The fourth-order valence-corrected chi connectivity index (χ4v) is 1.09. The number of carbonyl (C=O) groups excluding carboxylic acids is 1. The molecule has 0 saturated carbocycles. The third-order valence-corrected chi connectivity index (χ3v) is 1.94. The van der Waals surface area contributed by atoms with Crippen LogP contribution in [0.2, 0.25) is 0 Å². The molecule has 0 bridgehead atoms. The maximum atomic E-state index is 11.3. The lowest BCUT2D eigenvalue weighted by Crippen LogP contribution is -2.33. The van der Waals surface area contributed by atoms with Crippen LogP contribution in [0.3, 0.4) is 0 Å². The monoisotopic (exact) mass is 242 g/mol. The number of hydrogen-bond acceptors (Lipinski definition) is 4. The lowest BCUT2D eigenvalue weighted by atomic mass is 10.2. The average Bonchev–Trinajstić information content (AvgIpc) is 2.63. The Kier molecular flexibility index (Phi) is 4.46. The Morgan fingerprint density at radius 1 is 1.59 bits per heavy atom. The molecule has 1 rings (SSSR count). The lowest BCUT2D eigenvalue weighted by Gasteiger charge is -2.07. The maximum Gasteiger partial charge on any atom is 0.332 e. The Labute approximate surface area is 97.2 Å². The normalized spacial score (nSPS) is 11.9. The van der Waals surface area contributed by atoms with E-state index < -0.39 is 18.1 Å². The minimum Gasteiger partial charge on any atom is -0.479 e. The molecule has 1 aromatic rings. The van der Waals surface area contributed by atoms with Crippen molar-refractivity contribution in [2.45, 2.75) is 12.5 Å². The number of rotatable bonds is 5. The molecule has 17 heavy (non-hydrogen) atoms. The van der Waals surface area contributed by atoms with E-state index in [0.717, 1.165) is 0 Å². The topological polar surface area (TPSA) is 116 Å². The lowest BCUT2D eigenvalue weighted by molar-refractivity contribution is -0.146. The van der Waals surface area contributed by atoms with Crippen molar-refractivity contribution in [3.63, 3.8) is 0 Å². The number of carboxylic acid groups (broad SMARTS) is 1. The number of aliphatic carboxylic acids is 1. The number of aliphatic hydroxyl groups excluding tert-OH is 1. The highest BCUT2D eigenvalue weighted by molar-refractivity contribution is 5.88. The summed E-state index contributed by atoms with van der Waals surface area (Å²) in [4.78, 5) is 21.6. The number of amides is 2. The average molecular weight is 242 g/mol. The quantitative estimate of drug-likeness (QED) is 0.549. The molecule has 1 aromatic heterocycles. The van der Waals surface area contributed by atoms with Gasteiger partial charge < -0.3 is 15.5 Å². The third-order valence-electron chi connectivity index (χ3n) is 1.94. The number of aryl methyl sites for hydroxylation is 1. The number of hydrogen-bond donors (Lipinski definition) is 4. The van der Waals surface area contributed by atoms with Crippen LogP contribution in [0.15, 0.2) is 12.3 Å². The largest absolute Gasteiger partial charge is 0.479 e. The summed E-state index contributed by atoms with van der Waals surface area (Å²) in [6, 6.07) is 1.12. The van der Waals surface area contributed by atoms with Crippen molar-refractivity contribution in [1.82, 2.24) is 15.1 Å². The van der Waals surface area contributed by atoms with E-state index >= 15 is 0 Å². The summed E-state index contributed by atoms with van der Waals surface area (Å²) >= 11 is 0. The number of nitrogens with zero attached hydrogens (tertiary/aromatic N) is 2. The van der Waals surface area contributed by atoms with Crippen LogP contribution in [0.4, 0.5) is 10.6 Å². The Hall–Kier alpha value is -2.09. The van der Waals surface area contributed by atoms with E-state index in [1.165, 1.54) is 4.68 Å². The van der Waals surface area contributed by atoms with Crippen molar-refractivity contribution in [1.29, 1.82) is 0 Å². The van der Waals surface area contributed by atoms with Crippen LogP contribution in [0.5, 0.6) is 0 Å². The molecule has 0 aliphatic rings. The molecule has 0 saturated heterocycles. The SMILES string of the molecule is Cn1ccc(NC(=O)NCC[C@H](O)C(=O)O)n1. The van der Waals surface area contributed by atoms with Crippen LogP contribution in [-0.2, 0) is 11.8 Å². The molecular weight excluding hydrogens is 228 g/mol. The smallest absolute Gasteiger partial charge is 0.332 e. The molecule has 1 heterocycles. The molecule has 0 aliphatic carbocycles. The Bertz CT molecular complexity index is 403. The Morgan fingerprint density at radius 3 is 2.82 bits per heavy atom. The van der Waals surface area contributed by atoms with Crippen LogP contribution in [0, 0.1) is 0 Å². The highest BCUT2D eigenvalue weighted by Gasteiger charge is 2.12. The van der Waals surface area contributed by atoms with Crippen LogP contribution in [0.25, 0.3) is 0 Å². The van der Waals surface area contributed by atoms with Crippen molar-refractivity contribution >= 4 is 17.8 Å². The molecule has 94 valence electrons. The van der Waals surface area contributed by atoms with Crippen LogP contribution in [-0.4, -0.2) is 44.6 Å². The van der Waals surface area contributed by atoms with E-state index in [0.29, 0.717) is 5.82 Å². The highest BCUT2D eigenvalue weighted by atomic mass is 16.4. The first kappa shape index (κ1) is 13.0. The van der Waals surface area contributed by atoms with Gasteiger partial charge in [0.25, 0.3) is 0 Å². The summed E-state index contributed by atoms with van der Waals surface area (Å²) in [6.45, 7) is 0.0616. The highest BCUT2D eigenvalue weighted by Crippen LogP contribution is 1.99. The molecule has 0 spiro atoms. The fraction of sp³-hybridized carbons (Fsp3) is 0.444. The second-order valence-electron chi connectivity index (χ2n) is 3.40. The predicted octanol–water partition coefficient (Wildman–Crippen LogP) is -0.623. The molecule has 0 aromatic carbocycles. The number of anilines is 1. The molecule has 4 N–H and O–H groups in total. The van der Waals surface area contributed by atoms with Crippen LogP contribution in [0.1, 0.15) is 6.42 Å². The predicted molar refractivity (Wildman–Crippen MR) is 58.5 cm³/mol. The second kappa shape index (κ2) is 5.85. The van der Waals surface area contributed by atoms with Gasteiger partial charge in [-0.2, -0.15) is 5.10 Å². The van der Waals surface area contributed by atoms with E-state index in [1.54, 1.807) is 19.3 Å². The van der Waals surface area contributed by atoms with Gasteiger partial charge in [0.1, 0.15) is 0 Å². The van der Waals surface area contributed by atoms with E-state index in [-0.39, 0.29) is 13.0 Å². The Balaban J connectivity index is 2.24. The number of carbonyl (C=O) groups is 2. The van der Waals surface area contributed by atoms with Crippen molar-refractivity contribution in [3.8, 4) is 0 Å². The third kappa shape index (κ3) is 4.51. The van der Waals surface area contributed by atoms with Crippen molar-refractivity contribution in [3.05, 3.63) is 12.3 Å². The standard InChI is InChI=1S/C9H14N4O4/c1-13-5-3-7(12-13)11-9(17)10-4-2-6(14)8(15)16/h3,5-6,14H,2,4H2,1H3,(H,15,16)(H2,10,11,12,17)/t6-/m0/s1. The molecule has 1 atom stereocenters. The molecule has 0 aliphatic heterocycles. The van der Waals surface area contributed by atoms with Gasteiger partial charge in [-0.1, -0.05) is 0 Å². The summed E-state index contributed by atoms with van der Waals surface area (Å²) in [5.41, 5.74) is 0. The summed E-state index contributed by atoms with van der Waals surface area (Å²) in [5.74, 6) is -0.916. The van der Waals surface area contributed by atoms with E-state index in [9.17, 15) is 9.59 Å². The van der Waals surface area contributed by atoms with Gasteiger partial charge in [0.05, 0.1) is 0 Å². The molecular formula is C9H14N4O4. The van der Waals surface area contributed by atoms with Gasteiger partial charge in [0, 0.05) is 32.3 Å². The molecule has 2 amide bonds. The fourth-order valence-electron chi connectivity index (χ4n) is 1.09. The van der Waals surface area contributed by atoms with Gasteiger partial charge in [0.2, 0.25) is 0 Å². The number of urea groups is 1. The second-order valence-corrected chi connectivity index (χ2v) is 3.40. The maximum absolute atomic E-state index is 11.3. The van der Waals surface area contributed by atoms with E-state index in [4.69, 9.17) is 10.2 Å². The molecule has 0 radical (unpaired) electrons. The molecule has 0 unspecified atom stereocenters. The minimum absolute atomic E-state index is 0.0506. The summed E-state index contributed by atoms with van der Waals surface area (Å²) in [5, 5.41) is 26.1. The van der Waals surface area contributed by atoms with Crippen molar-refractivity contribution < 1.29 is 19.8 Å². The minimum atomic E-state index is -1.47. The zero-order valence-electron chi connectivity index (χ0n) is 9.25. The first-order valence-corrected chi connectivity index (χ1v) is 4.94. The number of carboxylic acids is 1. The summed E-state index contributed by atoms with van der Waals surface area (Å²) < 4.78 is 1.53. The van der Waals surface area contributed by atoms with Gasteiger partial charge in [-0.05, 0) is 0 Å². The van der Waals surface area contributed by atoms with Crippen LogP contribution < -0.4 is 10.6 Å². The van der Waals surface area contributed by atoms with Gasteiger partial charge in [-0.3, -0.25) is 10.00 Å². The number of aromatic nitrogens is 2. The summed E-state index contributed by atoms with van der Waals surface area (Å²) in [6.07, 6.45) is 0.152. The summed E-state index contributed by atoms with van der Waals surface area (Å²) in [7, 11) is 1.71. The van der Waals surface area contributed by atoms with Crippen molar-refractivity contribution in [2.75, 3.05) is 11.9 Å². The Morgan fingerprint density at radius 2 is 2.29 bits per heavy atom. The van der Waals surface area contributed by atoms with Gasteiger partial charge in [-0.15, -0.1) is 0 Å². The first-order chi connectivity index (χ1) is 7.99. The number of nitrogens with one attached hydrogen (secondary N) is 2. The zero-order chi connectivity index (χ0) is 12.8. The van der Waals surface area contributed by atoms with E-state index in [2.05, 4.69) is 15.7 Å². The van der Waals surface area contributed by atoms with Crippen LogP contribution >= 0.6 is 0 Å². The first-order valence-electron chi connectivity index (χ1n) is 4.94.